The standard InChI is InChI=1S/C14H12FNO4S/c1-9-4-2-3-5-13(9)21(19,20)16-12-7-6-10(15)8-11(12)14(17)18/h2-8,16H,1H3,(H,17,18). The van der Waals surface area contributed by atoms with Gasteiger partial charge in [-0.1, -0.05) is 18.2 Å². The van der Waals surface area contributed by atoms with Crippen LogP contribution in [-0.4, -0.2) is 19.5 Å². The molecule has 21 heavy (non-hydrogen) atoms. The van der Waals surface area contributed by atoms with Gasteiger partial charge in [-0.2, -0.15) is 0 Å². The second-order valence-electron chi connectivity index (χ2n) is 4.37. The summed E-state index contributed by atoms with van der Waals surface area (Å²) >= 11 is 0. The number of nitrogens with one attached hydrogen (secondary N) is 1. The van der Waals surface area contributed by atoms with Gasteiger partial charge < -0.3 is 5.11 Å². The van der Waals surface area contributed by atoms with Gasteiger partial charge in [0.25, 0.3) is 10.0 Å². The molecule has 0 aliphatic heterocycles. The molecule has 2 aromatic rings. The highest BCUT2D eigenvalue weighted by Crippen LogP contribution is 2.22. The fraction of sp³-hybridized carbons (Fsp3) is 0.0714. The van der Waals surface area contributed by atoms with E-state index in [1.807, 2.05) is 0 Å². The van der Waals surface area contributed by atoms with E-state index in [0.717, 1.165) is 18.2 Å². The molecule has 0 aliphatic carbocycles. The zero-order valence-electron chi connectivity index (χ0n) is 11.0. The SMILES string of the molecule is Cc1ccccc1S(=O)(=O)Nc1ccc(F)cc1C(=O)O. The van der Waals surface area contributed by atoms with Crippen molar-refractivity contribution in [3.63, 3.8) is 0 Å². The molecular formula is C14H12FNO4S. The minimum Gasteiger partial charge on any atom is -0.478 e. The molecule has 5 nitrogen and oxygen atoms in total. The van der Waals surface area contributed by atoms with E-state index >= 15 is 0 Å². The lowest BCUT2D eigenvalue weighted by molar-refractivity contribution is 0.0697. The Balaban J connectivity index is 2.47. The Kier molecular flexibility index (Phi) is 3.95. The van der Waals surface area contributed by atoms with E-state index in [-0.39, 0.29) is 10.6 Å². The van der Waals surface area contributed by atoms with Gasteiger partial charge in [0.15, 0.2) is 0 Å². The van der Waals surface area contributed by atoms with E-state index in [2.05, 4.69) is 4.72 Å². The maximum atomic E-state index is 13.1. The van der Waals surface area contributed by atoms with Crippen molar-refractivity contribution in [1.29, 1.82) is 0 Å². The van der Waals surface area contributed by atoms with Gasteiger partial charge in [-0.15, -0.1) is 0 Å². The molecule has 2 N–H and O–H groups in total. The van der Waals surface area contributed by atoms with Crippen molar-refractivity contribution in [2.45, 2.75) is 11.8 Å². The predicted octanol–water partition coefficient (Wildman–Crippen LogP) is 2.63. The van der Waals surface area contributed by atoms with Gasteiger partial charge in [0, 0.05) is 0 Å². The van der Waals surface area contributed by atoms with Gasteiger partial charge in [-0.05, 0) is 36.8 Å². The molecule has 0 aromatic heterocycles. The zero-order chi connectivity index (χ0) is 15.6. The summed E-state index contributed by atoms with van der Waals surface area (Å²) in [6, 6.07) is 9.10. The van der Waals surface area contributed by atoms with Crippen LogP contribution < -0.4 is 4.72 Å². The first kappa shape index (κ1) is 15.0. The van der Waals surface area contributed by atoms with Gasteiger partial charge >= 0.3 is 5.97 Å². The normalized spacial score (nSPS) is 11.1. The van der Waals surface area contributed by atoms with Gasteiger partial charge in [-0.3, -0.25) is 4.72 Å². The molecule has 0 fully saturated rings. The molecule has 0 saturated heterocycles. The molecule has 0 unspecified atom stereocenters. The summed E-state index contributed by atoms with van der Waals surface area (Å²) in [6.45, 7) is 1.62. The van der Waals surface area contributed by atoms with Crippen LogP contribution >= 0.6 is 0 Å². The molecule has 110 valence electrons. The molecule has 0 heterocycles. The summed E-state index contributed by atoms with van der Waals surface area (Å²) in [4.78, 5) is 11.1. The average molecular weight is 309 g/mol. The van der Waals surface area contributed by atoms with Crippen molar-refractivity contribution in [3.8, 4) is 0 Å². The summed E-state index contributed by atoms with van der Waals surface area (Å²) in [7, 11) is -3.95. The third-order valence-corrected chi connectivity index (χ3v) is 4.37. The third kappa shape index (κ3) is 3.19. The summed E-state index contributed by atoms with van der Waals surface area (Å²) in [5.74, 6) is -2.18. The molecule has 0 radical (unpaired) electrons. The number of sulfonamides is 1. The van der Waals surface area contributed by atoms with Crippen molar-refractivity contribution >= 4 is 21.7 Å². The monoisotopic (exact) mass is 309 g/mol. The highest BCUT2D eigenvalue weighted by Gasteiger charge is 2.20. The van der Waals surface area contributed by atoms with Crippen molar-refractivity contribution in [2.75, 3.05) is 4.72 Å². The number of benzene rings is 2. The van der Waals surface area contributed by atoms with E-state index in [4.69, 9.17) is 5.11 Å². The molecule has 0 spiro atoms. The highest BCUT2D eigenvalue weighted by atomic mass is 32.2. The third-order valence-electron chi connectivity index (χ3n) is 2.84. The van der Waals surface area contributed by atoms with Crippen LogP contribution in [0, 0.1) is 12.7 Å². The zero-order valence-corrected chi connectivity index (χ0v) is 11.8. The Bertz CT molecular complexity index is 802. The largest absolute Gasteiger partial charge is 0.478 e. The minimum absolute atomic E-state index is 0.0330. The highest BCUT2D eigenvalue weighted by molar-refractivity contribution is 7.92. The van der Waals surface area contributed by atoms with Crippen LogP contribution in [0.4, 0.5) is 10.1 Å². The van der Waals surface area contributed by atoms with Gasteiger partial charge in [-0.25, -0.2) is 17.6 Å². The fourth-order valence-corrected chi connectivity index (χ4v) is 3.17. The molecule has 0 aliphatic rings. The summed E-state index contributed by atoms with van der Waals surface area (Å²) in [5, 5.41) is 9.01. The first-order chi connectivity index (χ1) is 9.81. The van der Waals surface area contributed by atoms with Crippen LogP contribution in [0.25, 0.3) is 0 Å². The van der Waals surface area contributed by atoms with Crippen molar-refractivity contribution in [1.82, 2.24) is 0 Å². The minimum atomic E-state index is -3.95. The molecule has 0 saturated carbocycles. The predicted molar refractivity (Wildman–Crippen MR) is 75.3 cm³/mol. The number of rotatable bonds is 4. The lowest BCUT2D eigenvalue weighted by Gasteiger charge is -2.12. The van der Waals surface area contributed by atoms with E-state index < -0.39 is 27.4 Å². The molecule has 0 bridgehead atoms. The molecule has 0 atom stereocenters. The smallest absolute Gasteiger partial charge is 0.337 e. The lowest BCUT2D eigenvalue weighted by Crippen LogP contribution is -2.16. The second kappa shape index (κ2) is 5.53. The maximum absolute atomic E-state index is 13.1. The Labute approximate surface area is 121 Å². The summed E-state index contributed by atoms with van der Waals surface area (Å²) in [5.41, 5.74) is -0.122. The quantitative estimate of drug-likeness (QED) is 0.909. The number of carbonyl (C=O) groups is 1. The topological polar surface area (TPSA) is 83.5 Å². The Hall–Kier alpha value is -2.41. The van der Waals surface area contributed by atoms with Crippen molar-refractivity contribution < 1.29 is 22.7 Å². The van der Waals surface area contributed by atoms with Crippen LogP contribution in [0.3, 0.4) is 0 Å². The molecular weight excluding hydrogens is 297 g/mol. The van der Waals surface area contributed by atoms with Crippen LogP contribution in [0.15, 0.2) is 47.4 Å². The van der Waals surface area contributed by atoms with Crippen LogP contribution in [0.1, 0.15) is 15.9 Å². The Morgan fingerprint density at radius 2 is 1.86 bits per heavy atom. The molecule has 0 amide bonds. The number of hydrogen-bond donors (Lipinski definition) is 2. The lowest BCUT2D eigenvalue weighted by atomic mass is 10.2. The number of carboxylic acids is 1. The Morgan fingerprint density at radius 1 is 1.19 bits per heavy atom. The van der Waals surface area contributed by atoms with Gasteiger partial charge in [0.2, 0.25) is 0 Å². The first-order valence-electron chi connectivity index (χ1n) is 5.92. The van der Waals surface area contributed by atoms with E-state index in [9.17, 15) is 17.6 Å². The van der Waals surface area contributed by atoms with Gasteiger partial charge in [0.05, 0.1) is 16.1 Å². The number of aromatic carboxylic acids is 1. The first-order valence-corrected chi connectivity index (χ1v) is 7.41. The number of halogens is 1. The number of carboxylic acid groups (broad SMARTS) is 1. The van der Waals surface area contributed by atoms with Crippen LogP contribution in [0.2, 0.25) is 0 Å². The van der Waals surface area contributed by atoms with Crippen LogP contribution in [0.5, 0.6) is 0 Å². The Morgan fingerprint density at radius 3 is 2.48 bits per heavy atom. The number of hydrogen-bond acceptors (Lipinski definition) is 3. The number of anilines is 1. The maximum Gasteiger partial charge on any atom is 0.337 e. The summed E-state index contributed by atoms with van der Waals surface area (Å²) in [6.07, 6.45) is 0. The second-order valence-corrected chi connectivity index (χ2v) is 6.02. The molecule has 7 heteroatoms. The summed E-state index contributed by atoms with van der Waals surface area (Å²) < 4.78 is 39.8. The average Bonchev–Trinajstić information content (AvgIpc) is 2.40. The van der Waals surface area contributed by atoms with Crippen molar-refractivity contribution in [2.24, 2.45) is 0 Å². The van der Waals surface area contributed by atoms with Gasteiger partial charge in [0.1, 0.15) is 5.82 Å². The van der Waals surface area contributed by atoms with E-state index in [0.29, 0.717) is 5.56 Å². The van der Waals surface area contributed by atoms with E-state index in [1.54, 1.807) is 25.1 Å². The number of aryl methyl sites for hydroxylation is 1. The fourth-order valence-electron chi connectivity index (χ4n) is 1.84. The molecule has 2 rings (SSSR count). The van der Waals surface area contributed by atoms with E-state index in [1.165, 1.54) is 6.07 Å². The van der Waals surface area contributed by atoms with Crippen LogP contribution in [-0.2, 0) is 10.0 Å². The van der Waals surface area contributed by atoms with Crippen molar-refractivity contribution in [3.05, 3.63) is 59.4 Å². The molecule has 2 aromatic carbocycles.